The number of H-pyrrole nitrogens is 3. The number of amides is 3. The summed E-state index contributed by atoms with van der Waals surface area (Å²) in [6.45, 7) is 0.286. The molecule has 0 saturated carbocycles. The predicted molar refractivity (Wildman–Crippen MR) is 171 cm³/mol. The van der Waals surface area contributed by atoms with E-state index in [-0.39, 0.29) is 25.8 Å². The van der Waals surface area contributed by atoms with Crippen molar-refractivity contribution in [3.05, 3.63) is 90.3 Å². The Morgan fingerprint density at radius 1 is 0.891 bits per heavy atom. The van der Waals surface area contributed by atoms with Gasteiger partial charge >= 0.3 is 5.97 Å². The minimum absolute atomic E-state index is 0.0680. The van der Waals surface area contributed by atoms with Gasteiger partial charge in [-0.15, -0.1) is 0 Å². The number of aromatic nitrogens is 4. The topological polar surface area (TPSA) is 202 Å². The number of carbonyl (C=O) groups is 4. The van der Waals surface area contributed by atoms with E-state index in [0.29, 0.717) is 18.5 Å². The van der Waals surface area contributed by atoms with Gasteiger partial charge in [-0.2, -0.15) is 0 Å². The molecule has 0 radical (unpaired) electrons. The number of hydrogen-bond acceptors (Lipinski definition) is 6. The lowest BCUT2D eigenvalue weighted by atomic mass is 10.0. The van der Waals surface area contributed by atoms with Crippen molar-refractivity contribution >= 4 is 45.5 Å². The van der Waals surface area contributed by atoms with Crippen molar-refractivity contribution in [2.45, 2.75) is 56.3 Å². The van der Waals surface area contributed by atoms with E-state index in [1.54, 1.807) is 12.4 Å². The average molecular weight is 625 g/mol. The van der Waals surface area contributed by atoms with Crippen molar-refractivity contribution < 1.29 is 24.3 Å². The Balaban J connectivity index is 1.15. The summed E-state index contributed by atoms with van der Waals surface area (Å²) in [6.07, 6.45) is 7.94. The van der Waals surface area contributed by atoms with Gasteiger partial charge in [-0.1, -0.05) is 36.4 Å². The summed E-state index contributed by atoms with van der Waals surface area (Å²) >= 11 is 0. The van der Waals surface area contributed by atoms with Crippen LogP contribution in [0.3, 0.4) is 0 Å². The SMILES string of the molecule is NC(Cc1c[nH]c2ccccc12)C(=O)NC(Cc1cnc[nH]1)C(=O)N1CCCC1C(=O)NC(Cc1c[nH]c2ccccc12)C(=O)O. The summed E-state index contributed by atoms with van der Waals surface area (Å²) in [5, 5.41) is 17.3. The number of nitrogens with zero attached hydrogens (tertiary/aromatic N) is 2. The van der Waals surface area contributed by atoms with E-state index in [1.807, 2.05) is 54.7 Å². The minimum Gasteiger partial charge on any atom is -0.480 e. The number of carboxylic acids is 1. The Labute approximate surface area is 263 Å². The molecule has 4 atom stereocenters. The maximum absolute atomic E-state index is 14.0. The lowest BCUT2D eigenvalue weighted by Crippen LogP contribution is -2.57. The number of aromatic amines is 3. The van der Waals surface area contributed by atoms with Crippen LogP contribution in [0.5, 0.6) is 0 Å². The van der Waals surface area contributed by atoms with Crippen molar-refractivity contribution in [3.63, 3.8) is 0 Å². The molecule has 2 aromatic carbocycles. The zero-order valence-electron chi connectivity index (χ0n) is 25.0. The van der Waals surface area contributed by atoms with E-state index in [4.69, 9.17) is 5.73 Å². The number of rotatable bonds is 12. The third kappa shape index (κ3) is 6.49. The zero-order chi connectivity index (χ0) is 32.2. The molecule has 0 bridgehead atoms. The number of benzene rings is 2. The first-order valence-electron chi connectivity index (χ1n) is 15.3. The molecule has 1 saturated heterocycles. The number of carboxylic acid groups (broad SMARTS) is 1. The van der Waals surface area contributed by atoms with Crippen molar-refractivity contribution in [2.75, 3.05) is 6.54 Å². The smallest absolute Gasteiger partial charge is 0.326 e. The molecule has 4 heterocycles. The molecule has 1 fully saturated rings. The first kappa shape index (κ1) is 30.6. The van der Waals surface area contributed by atoms with Gasteiger partial charge in [-0.25, -0.2) is 9.78 Å². The maximum Gasteiger partial charge on any atom is 0.326 e. The van der Waals surface area contributed by atoms with Crippen molar-refractivity contribution in [2.24, 2.45) is 5.73 Å². The van der Waals surface area contributed by atoms with E-state index in [9.17, 15) is 24.3 Å². The molecule has 0 spiro atoms. The molecule has 13 nitrogen and oxygen atoms in total. The lowest BCUT2D eigenvalue weighted by Gasteiger charge is -2.30. The second kappa shape index (κ2) is 13.3. The van der Waals surface area contributed by atoms with Crippen LogP contribution in [0.1, 0.15) is 29.7 Å². The van der Waals surface area contributed by atoms with Crippen LogP contribution in [0.2, 0.25) is 0 Å². The molecular formula is C33H36N8O5. The van der Waals surface area contributed by atoms with Crippen molar-refractivity contribution in [1.82, 2.24) is 35.5 Å². The van der Waals surface area contributed by atoms with Crippen LogP contribution in [-0.2, 0) is 38.4 Å². The van der Waals surface area contributed by atoms with Crippen molar-refractivity contribution in [1.29, 1.82) is 0 Å². The number of imidazole rings is 1. The standard InChI is InChI=1S/C33H36N8O5/c34-24(12-19-15-36-25-8-3-1-6-22(19)25)30(42)39-27(14-21-17-35-18-38-21)32(44)41-11-5-10-29(41)31(43)40-28(33(45)46)13-20-16-37-26-9-4-2-7-23(20)26/h1-4,6-9,15-18,24,27-29,36-37H,5,10-14,34H2,(H,35,38)(H,39,42)(H,40,43)(H,45,46). The molecule has 1 aliphatic rings. The Hall–Kier alpha value is -5.43. The molecule has 3 amide bonds. The van der Waals surface area contributed by atoms with Crippen LogP contribution in [0, 0.1) is 0 Å². The molecular weight excluding hydrogens is 588 g/mol. The van der Waals surface area contributed by atoms with Gasteiger partial charge in [0.25, 0.3) is 0 Å². The Kier molecular flexibility index (Phi) is 8.83. The second-order valence-corrected chi connectivity index (χ2v) is 11.7. The van der Waals surface area contributed by atoms with Crippen molar-refractivity contribution in [3.8, 4) is 0 Å². The van der Waals surface area contributed by atoms with Gasteiger partial charge in [-0.3, -0.25) is 14.4 Å². The van der Waals surface area contributed by atoms with Gasteiger partial charge in [0.1, 0.15) is 18.1 Å². The summed E-state index contributed by atoms with van der Waals surface area (Å²) in [5.74, 6) is -2.69. The number of carbonyl (C=O) groups excluding carboxylic acids is 3. The van der Waals surface area contributed by atoms with Gasteiger partial charge in [-0.05, 0) is 42.5 Å². The minimum atomic E-state index is -1.20. The first-order valence-corrected chi connectivity index (χ1v) is 15.3. The number of fused-ring (bicyclic) bond motifs is 2. The zero-order valence-corrected chi connectivity index (χ0v) is 25.0. The lowest BCUT2D eigenvalue weighted by molar-refractivity contribution is -0.144. The normalized spacial score (nSPS) is 16.7. The van der Waals surface area contributed by atoms with Crippen LogP contribution in [-0.4, -0.2) is 84.3 Å². The van der Waals surface area contributed by atoms with Gasteiger partial charge in [0, 0.05) is 65.5 Å². The molecule has 1 aliphatic heterocycles. The number of nitrogens with one attached hydrogen (secondary N) is 5. The quantitative estimate of drug-likeness (QED) is 0.110. The fourth-order valence-corrected chi connectivity index (χ4v) is 6.22. The molecule has 4 unspecified atom stereocenters. The Morgan fingerprint density at radius 2 is 1.54 bits per heavy atom. The molecule has 8 N–H and O–H groups in total. The van der Waals surface area contributed by atoms with Gasteiger partial charge < -0.3 is 41.3 Å². The largest absolute Gasteiger partial charge is 0.480 e. The maximum atomic E-state index is 14.0. The van der Waals surface area contributed by atoms with E-state index in [2.05, 4.69) is 30.6 Å². The number of hydrogen-bond donors (Lipinski definition) is 7. The van der Waals surface area contributed by atoms with Crippen LogP contribution in [0.15, 0.2) is 73.4 Å². The summed E-state index contributed by atoms with van der Waals surface area (Å²) in [6, 6.07) is 11.2. The van der Waals surface area contributed by atoms with Crippen LogP contribution in [0.4, 0.5) is 0 Å². The van der Waals surface area contributed by atoms with Gasteiger partial charge in [0.05, 0.1) is 12.4 Å². The summed E-state index contributed by atoms with van der Waals surface area (Å²) < 4.78 is 0. The third-order valence-corrected chi connectivity index (χ3v) is 8.60. The molecule has 46 heavy (non-hydrogen) atoms. The Bertz CT molecular complexity index is 1860. The molecule has 0 aliphatic carbocycles. The van der Waals surface area contributed by atoms with Crippen LogP contribution >= 0.6 is 0 Å². The summed E-state index contributed by atoms with van der Waals surface area (Å²) in [5.41, 5.74) is 10.4. The fourth-order valence-electron chi connectivity index (χ4n) is 6.22. The first-order chi connectivity index (χ1) is 22.3. The molecule has 6 rings (SSSR count). The summed E-state index contributed by atoms with van der Waals surface area (Å²) in [4.78, 5) is 67.8. The van der Waals surface area contributed by atoms with Crippen LogP contribution in [0.25, 0.3) is 21.8 Å². The number of para-hydroxylation sites is 2. The number of likely N-dealkylation sites (tertiary alicyclic amines) is 1. The molecule has 3 aromatic heterocycles. The van der Waals surface area contributed by atoms with E-state index >= 15 is 0 Å². The van der Waals surface area contributed by atoms with Gasteiger partial charge in [0.15, 0.2) is 0 Å². The second-order valence-electron chi connectivity index (χ2n) is 11.7. The highest BCUT2D eigenvalue weighted by atomic mass is 16.4. The average Bonchev–Trinajstić information content (AvgIpc) is 3.88. The Morgan fingerprint density at radius 3 is 2.17 bits per heavy atom. The monoisotopic (exact) mass is 624 g/mol. The molecule has 5 aromatic rings. The highest BCUT2D eigenvalue weighted by Gasteiger charge is 2.39. The molecule has 238 valence electrons. The van der Waals surface area contributed by atoms with E-state index in [1.165, 1.54) is 11.2 Å². The number of aliphatic carboxylic acids is 1. The molecule has 13 heteroatoms. The predicted octanol–water partition coefficient (Wildman–Crippen LogP) is 1.77. The third-order valence-electron chi connectivity index (χ3n) is 8.60. The number of nitrogens with two attached hydrogens (primary N) is 1. The fraction of sp³-hybridized carbons (Fsp3) is 0.303. The van der Waals surface area contributed by atoms with E-state index in [0.717, 1.165) is 32.9 Å². The van der Waals surface area contributed by atoms with Gasteiger partial charge in [0.2, 0.25) is 17.7 Å². The highest BCUT2D eigenvalue weighted by molar-refractivity contribution is 5.95. The van der Waals surface area contributed by atoms with E-state index < -0.39 is 47.9 Å². The van der Waals surface area contributed by atoms with Crippen LogP contribution < -0.4 is 16.4 Å². The highest BCUT2D eigenvalue weighted by Crippen LogP contribution is 2.23. The summed E-state index contributed by atoms with van der Waals surface area (Å²) in [7, 11) is 0.